The van der Waals surface area contributed by atoms with Crippen LogP contribution in [0.3, 0.4) is 0 Å². The molecule has 0 unspecified atom stereocenters. The molecule has 2 atom stereocenters. The largest absolute Gasteiger partial charge is 0.423 e. The van der Waals surface area contributed by atoms with E-state index in [1.165, 1.54) is 32.1 Å². The highest BCUT2D eigenvalue weighted by molar-refractivity contribution is 5.76. The molecule has 0 radical (unpaired) electrons. The Kier molecular flexibility index (Phi) is 2.47. The van der Waals surface area contributed by atoms with E-state index in [1.54, 1.807) is 4.90 Å². The molecule has 2 bridgehead atoms. The van der Waals surface area contributed by atoms with Gasteiger partial charge in [-0.15, -0.1) is 10.2 Å². The SMILES string of the molecule is O=C1N(O)[C@@H]2CC[C@@H](c3nnc(C4CC5(CCC5)C4)o3)N1C2. The highest BCUT2D eigenvalue weighted by Crippen LogP contribution is 2.61. The van der Waals surface area contributed by atoms with Crippen molar-refractivity contribution in [1.82, 2.24) is 20.2 Å². The van der Waals surface area contributed by atoms with E-state index in [1.807, 2.05) is 0 Å². The van der Waals surface area contributed by atoms with Gasteiger partial charge >= 0.3 is 6.03 Å². The minimum absolute atomic E-state index is 0.0868. The molecule has 7 nitrogen and oxygen atoms in total. The molecule has 2 aliphatic heterocycles. The Bertz CT molecular complexity index is 618. The summed E-state index contributed by atoms with van der Waals surface area (Å²) >= 11 is 0. The second-order valence-corrected chi connectivity index (χ2v) is 7.46. The van der Waals surface area contributed by atoms with E-state index in [-0.39, 0.29) is 18.1 Å². The fourth-order valence-corrected chi connectivity index (χ4v) is 4.70. The van der Waals surface area contributed by atoms with Crippen molar-refractivity contribution < 1.29 is 14.4 Å². The molecule has 2 saturated heterocycles. The van der Waals surface area contributed by atoms with Gasteiger partial charge in [0, 0.05) is 12.5 Å². The molecule has 2 amide bonds. The van der Waals surface area contributed by atoms with Gasteiger partial charge in [-0.3, -0.25) is 5.21 Å². The van der Waals surface area contributed by atoms with Gasteiger partial charge in [0.15, 0.2) is 0 Å². The zero-order valence-corrected chi connectivity index (χ0v) is 12.4. The number of piperidine rings is 1. The Balaban J connectivity index is 1.33. The molecule has 1 aromatic rings. The van der Waals surface area contributed by atoms with E-state index in [0.717, 1.165) is 23.8 Å². The molecule has 118 valence electrons. The van der Waals surface area contributed by atoms with E-state index in [0.29, 0.717) is 23.8 Å². The zero-order valence-electron chi connectivity index (χ0n) is 12.4. The lowest BCUT2D eigenvalue weighted by Crippen LogP contribution is -2.41. The van der Waals surface area contributed by atoms with Crippen LogP contribution in [0.25, 0.3) is 0 Å². The average molecular weight is 304 g/mol. The van der Waals surface area contributed by atoms with Gasteiger partial charge in [-0.2, -0.15) is 0 Å². The maximum Gasteiger partial charge on any atom is 0.344 e. The van der Waals surface area contributed by atoms with Crippen molar-refractivity contribution in [2.75, 3.05) is 6.54 Å². The van der Waals surface area contributed by atoms with Crippen LogP contribution in [0.1, 0.15) is 68.7 Å². The van der Waals surface area contributed by atoms with Gasteiger partial charge in [-0.1, -0.05) is 6.42 Å². The Hall–Kier alpha value is -1.63. The Morgan fingerprint density at radius 1 is 1.18 bits per heavy atom. The number of hydrogen-bond donors (Lipinski definition) is 1. The second kappa shape index (κ2) is 4.22. The van der Waals surface area contributed by atoms with Crippen LogP contribution in [0.4, 0.5) is 4.79 Å². The van der Waals surface area contributed by atoms with E-state index in [4.69, 9.17) is 4.42 Å². The molecule has 2 saturated carbocycles. The number of urea groups is 1. The summed E-state index contributed by atoms with van der Waals surface area (Å²) in [7, 11) is 0. The molecule has 4 aliphatic rings. The quantitative estimate of drug-likeness (QED) is 0.849. The third kappa shape index (κ3) is 1.63. The van der Waals surface area contributed by atoms with Crippen molar-refractivity contribution in [2.24, 2.45) is 5.41 Å². The molecular weight excluding hydrogens is 284 g/mol. The van der Waals surface area contributed by atoms with Crippen molar-refractivity contribution in [3.63, 3.8) is 0 Å². The van der Waals surface area contributed by atoms with Crippen LogP contribution in [0.15, 0.2) is 4.42 Å². The average Bonchev–Trinajstić information content (AvgIpc) is 2.98. The molecule has 7 heteroatoms. The number of aromatic nitrogens is 2. The number of hydrogen-bond acceptors (Lipinski definition) is 5. The first kappa shape index (κ1) is 12.9. The molecule has 5 rings (SSSR count). The first-order valence-corrected chi connectivity index (χ1v) is 8.27. The van der Waals surface area contributed by atoms with Crippen molar-refractivity contribution in [1.29, 1.82) is 0 Å². The summed E-state index contributed by atoms with van der Waals surface area (Å²) in [6.45, 7) is 0.546. The standard InChI is InChI=1S/C15H20N4O3/c20-14-18-8-10(19(14)21)2-3-11(18)13-17-16-12(22-13)9-6-15(7-9)4-1-5-15/h9-11,21H,1-8H2/t10-,11+/m1/s1. The maximum atomic E-state index is 12.0. The number of fused-ring (bicyclic) bond motifs is 2. The summed E-state index contributed by atoms with van der Waals surface area (Å²) < 4.78 is 5.91. The molecule has 1 aromatic heterocycles. The summed E-state index contributed by atoms with van der Waals surface area (Å²) in [4.78, 5) is 13.7. The number of carbonyl (C=O) groups excluding carboxylic acids is 1. The van der Waals surface area contributed by atoms with Gasteiger partial charge in [-0.05, 0) is 43.9 Å². The first-order chi connectivity index (χ1) is 10.7. The second-order valence-electron chi connectivity index (χ2n) is 7.46. The van der Waals surface area contributed by atoms with Crippen LogP contribution >= 0.6 is 0 Å². The molecule has 2 aliphatic carbocycles. The van der Waals surface area contributed by atoms with Gasteiger partial charge in [0.05, 0.1) is 6.04 Å². The third-order valence-corrected chi connectivity index (χ3v) is 6.21. The minimum atomic E-state index is -0.343. The number of nitrogens with zero attached hydrogens (tertiary/aromatic N) is 4. The summed E-state index contributed by atoms with van der Waals surface area (Å²) in [5.41, 5.74) is 0.583. The van der Waals surface area contributed by atoms with E-state index in [9.17, 15) is 10.0 Å². The van der Waals surface area contributed by atoms with Crippen LogP contribution < -0.4 is 0 Å². The monoisotopic (exact) mass is 304 g/mol. The van der Waals surface area contributed by atoms with E-state index >= 15 is 0 Å². The number of rotatable bonds is 2. The predicted octanol–water partition coefficient (Wildman–Crippen LogP) is 2.45. The fraction of sp³-hybridized carbons (Fsp3) is 0.800. The van der Waals surface area contributed by atoms with Crippen molar-refractivity contribution >= 4 is 6.03 Å². The van der Waals surface area contributed by atoms with Gasteiger partial charge in [0.25, 0.3) is 0 Å². The Labute approximate surface area is 128 Å². The van der Waals surface area contributed by atoms with E-state index in [2.05, 4.69) is 10.2 Å². The smallest absolute Gasteiger partial charge is 0.344 e. The van der Waals surface area contributed by atoms with Crippen LogP contribution in [-0.4, -0.2) is 44.0 Å². The Morgan fingerprint density at radius 2 is 1.95 bits per heavy atom. The highest BCUT2D eigenvalue weighted by atomic mass is 16.5. The van der Waals surface area contributed by atoms with Gasteiger partial charge < -0.3 is 9.32 Å². The number of amides is 2. The van der Waals surface area contributed by atoms with Crippen LogP contribution in [0.5, 0.6) is 0 Å². The summed E-state index contributed by atoms with van der Waals surface area (Å²) in [5.74, 6) is 1.68. The number of carbonyl (C=O) groups is 1. The fourth-order valence-electron chi connectivity index (χ4n) is 4.70. The molecular formula is C15H20N4O3. The van der Waals surface area contributed by atoms with Gasteiger partial charge in [-0.25, -0.2) is 9.86 Å². The normalized spacial score (nSPS) is 33.2. The molecule has 4 fully saturated rings. The minimum Gasteiger partial charge on any atom is -0.423 e. The summed E-state index contributed by atoms with van der Waals surface area (Å²) in [6.07, 6.45) is 7.95. The van der Waals surface area contributed by atoms with Gasteiger partial charge in [0.2, 0.25) is 11.8 Å². The third-order valence-electron chi connectivity index (χ3n) is 6.21. The van der Waals surface area contributed by atoms with Gasteiger partial charge in [0.1, 0.15) is 6.04 Å². The van der Waals surface area contributed by atoms with Crippen LogP contribution in [-0.2, 0) is 0 Å². The zero-order chi connectivity index (χ0) is 14.9. The van der Waals surface area contributed by atoms with Crippen molar-refractivity contribution in [3.8, 4) is 0 Å². The summed E-state index contributed by atoms with van der Waals surface area (Å²) in [5, 5.41) is 19.0. The maximum absolute atomic E-state index is 12.0. The lowest BCUT2D eigenvalue weighted by atomic mass is 9.52. The Morgan fingerprint density at radius 3 is 2.68 bits per heavy atom. The molecule has 1 spiro atoms. The molecule has 3 heterocycles. The van der Waals surface area contributed by atoms with Crippen LogP contribution in [0, 0.1) is 5.41 Å². The van der Waals surface area contributed by atoms with Crippen molar-refractivity contribution in [3.05, 3.63) is 11.8 Å². The highest BCUT2D eigenvalue weighted by Gasteiger charge is 2.51. The van der Waals surface area contributed by atoms with Crippen LogP contribution in [0.2, 0.25) is 0 Å². The van der Waals surface area contributed by atoms with Crippen molar-refractivity contribution in [2.45, 2.75) is 62.9 Å². The first-order valence-electron chi connectivity index (χ1n) is 8.27. The summed E-state index contributed by atoms with van der Waals surface area (Å²) in [6, 6.07) is -0.611. The number of hydroxylamine groups is 2. The molecule has 22 heavy (non-hydrogen) atoms. The predicted molar refractivity (Wildman–Crippen MR) is 74.0 cm³/mol. The lowest BCUT2D eigenvalue weighted by Gasteiger charge is -2.53. The molecule has 1 N–H and O–H groups in total. The lowest BCUT2D eigenvalue weighted by molar-refractivity contribution is -0.0584. The van der Waals surface area contributed by atoms with E-state index < -0.39 is 0 Å². The topological polar surface area (TPSA) is 82.7 Å². The molecule has 0 aromatic carbocycles.